The number of alkyl halides is 3. The highest BCUT2D eigenvalue weighted by Crippen LogP contribution is 2.27. The molecule has 1 heterocycles. The van der Waals surface area contributed by atoms with Gasteiger partial charge in [0.25, 0.3) is 5.69 Å². The average Bonchev–Trinajstić information content (AvgIpc) is 2.34. The lowest BCUT2D eigenvalue weighted by molar-refractivity contribution is -0.383. The molecule has 0 amide bonds. The highest BCUT2D eigenvalue weighted by Gasteiger charge is 2.27. The van der Waals surface area contributed by atoms with Gasteiger partial charge in [-0.15, -0.1) is 0 Å². The molecule has 0 saturated heterocycles. The van der Waals surface area contributed by atoms with Gasteiger partial charge in [0.15, 0.2) is 5.52 Å². The molecule has 0 spiro atoms. The van der Waals surface area contributed by atoms with Crippen LogP contribution in [0.1, 0.15) is 0 Å². The van der Waals surface area contributed by atoms with Gasteiger partial charge in [0.05, 0.1) is 4.92 Å². The number of para-hydroxylation sites is 1. The zero-order chi connectivity index (χ0) is 14.0. The van der Waals surface area contributed by atoms with Gasteiger partial charge in [-0.3, -0.25) is 10.1 Å². The molecule has 19 heavy (non-hydrogen) atoms. The third kappa shape index (κ3) is 2.87. The number of fused-ring (bicyclic) bond motifs is 1. The number of nitro groups is 1. The van der Waals surface area contributed by atoms with E-state index < -0.39 is 17.6 Å². The average molecular weight is 272 g/mol. The van der Waals surface area contributed by atoms with Crippen molar-refractivity contribution in [1.29, 1.82) is 0 Å². The first-order chi connectivity index (χ1) is 8.88. The lowest BCUT2D eigenvalue weighted by Gasteiger charge is -2.10. The van der Waals surface area contributed by atoms with E-state index in [9.17, 15) is 23.3 Å². The monoisotopic (exact) mass is 272 g/mol. The molecule has 0 aliphatic carbocycles. The Balaban J connectivity index is 2.46. The van der Waals surface area contributed by atoms with Gasteiger partial charge < -0.3 is 5.32 Å². The van der Waals surface area contributed by atoms with Crippen LogP contribution >= 0.6 is 0 Å². The second-order valence-electron chi connectivity index (χ2n) is 3.62. The zero-order valence-electron chi connectivity index (χ0n) is 9.31. The molecule has 0 atom stereocenters. The van der Waals surface area contributed by atoms with Crippen LogP contribution < -0.4 is 5.32 Å². The standard InChI is InChI=1S/C10H7F3N4O2/c11-10(12,13)4-14-9-6-2-1-3-7(17(18)19)8(6)15-5-16-9/h1-3,5H,4H2,(H,14,15,16). The molecule has 2 rings (SSSR count). The summed E-state index contributed by atoms with van der Waals surface area (Å²) in [6.45, 7) is -1.28. The minimum atomic E-state index is -4.40. The number of anilines is 1. The summed E-state index contributed by atoms with van der Waals surface area (Å²) in [6.07, 6.45) is -3.42. The van der Waals surface area contributed by atoms with Gasteiger partial charge in [0.1, 0.15) is 18.7 Å². The first kappa shape index (κ1) is 13.0. The molecular formula is C10H7F3N4O2. The molecule has 1 aromatic heterocycles. The summed E-state index contributed by atoms with van der Waals surface area (Å²) in [7, 11) is 0. The molecule has 0 aliphatic rings. The van der Waals surface area contributed by atoms with Gasteiger partial charge in [-0.1, -0.05) is 6.07 Å². The van der Waals surface area contributed by atoms with E-state index in [1.807, 2.05) is 0 Å². The van der Waals surface area contributed by atoms with Crippen molar-refractivity contribution in [1.82, 2.24) is 9.97 Å². The Morgan fingerprint density at radius 2 is 2.05 bits per heavy atom. The number of hydrogen-bond acceptors (Lipinski definition) is 5. The number of rotatable bonds is 3. The highest BCUT2D eigenvalue weighted by atomic mass is 19.4. The predicted molar refractivity (Wildman–Crippen MR) is 60.7 cm³/mol. The summed E-state index contributed by atoms with van der Waals surface area (Å²) in [5, 5.41) is 13.1. The van der Waals surface area contributed by atoms with E-state index >= 15 is 0 Å². The van der Waals surface area contributed by atoms with Crippen LogP contribution in [0.4, 0.5) is 24.7 Å². The second-order valence-corrected chi connectivity index (χ2v) is 3.62. The SMILES string of the molecule is O=[N+]([O-])c1cccc2c(NCC(F)(F)F)ncnc12. The van der Waals surface area contributed by atoms with Crippen molar-refractivity contribution >= 4 is 22.4 Å². The van der Waals surface area contributed by atoms with Crippen LogP contribution in [0.5, 0.6) is 0 Å². The Morgan fingerprint density at radius 1 is 1.32 bits per heavy atom. The summed E-state index contributed by atoms with van der Waals surface area (Å²) in [5.41, 5.74) is -0.290. The smallest absolute Gasteiger partial charge is 0.361 e. The van der Waals surface area contributed by atoms with Gasteiger partial charge in [0, 0.05) is 11.5 Å². The van der Waals surface area contributed by atoms with Crippen molar-refractivity contribution in [3.05, 3.63) is 34.6 Å². The number of hydrogen-bond donors (Lipinski definition) is 1. The fraction of sp³-hybridized carbons (Fsp3) is 0.200. The largest absolute Gasteiger partial charge is 0.405 e. The molecule has 0 fully saturated rings. The third-order valence-corrected chi connectivity index (χ3v) is 2.30. The van der Waals surface area contributed by atoms with E-state index in [1.165, 1.54) is 18.2 Å². The topological polar surface area (TPSA) is 81.0 Å². The molecule has 1 aromatic carbocycles. The molecule has 0 unspecified atom stereocenters. The van der Waals surface area contributed by atoms with Crippen LogP contribution in [0.15, 0.2) is 24.5 Å². The molecule has 2 aromatic rings. The van der Waals surface area contributed by atoms with E-state index in [2.05, 4.69) is 15.3 Å². The van der Waals surface area contributed by atoms with Crippen molar-refractivity contribution in [3.63, 3.8) is 0 Å². The fourth-order valence-electron chi connectivity index (χ4n) is 1.54. The lowest BCUT2D eigenvalue weighted by atomic mass is 10.2. The van der Waals surface area contributed by atoms with Crippen molar-refractivity contribution in [3.8, 4) is 0 Å². The number of non-ortho nitro benzene ring substituents is 1. The Bertz CT molecular complexity index is 630. The Kier molecular flexibility index (Phi) is 3.19. The first-order valence-corrected chi connectivity index (χ1v) is 5.07. The molecule has 0 radical (unpaired) electrons. The maximum Gasteiger partial charge on any atom is 0.405 e. The van der Waals surface area contributed by atoms with Crippen LogP contribution in [0.2, 0.25) is 0 Å². The van der Waals surface area contributed by atoms with Crippen molar-refractivity contribution in [2.45, 2.75) is 6.18 Å². The summed E-state index contributed by atoms with van der Waals surface area (Å²) in [4.78, 5) is 17.5. The van der Waals surface area contributed by atoms with Crippen LogP contribution in [0.25, 0.3) is 10.9 Å². The lowest BCUT2D eigenvalue weighted by Crippen LogP contribution is -2.22. The maximum absolute atomic E-state index is 12.1. The first-order valence-electron chi connectivity index (χ1n) is 5.07. The Hall–Kier alpha value is -2.45. The van der Waals surface area contributed by atoms with Gasteiger partial charge in [-0.2, -0.15) is 13.2 Å². The van der Waals surface area contributed by atoms with E-state index in [1.54, 1.807) is 0 Å². The van der Waals surface area contributed by atoms with Gasteiger partial charge in [0.2, 0.25) is 0 Å². The van der Waals surface area contributed by atoms with Gasteiger partial charge >= 0.3 is 6.18 Å². The van der Waals surface area contributed by atoms with E-state index in [4.69, 9.17) is 0 Å². The molecule has 100 valence electrons. The molecule has 0 bridgehead atoms. The number of aromatic nitrogens is 2. The molecule has 0 aliphatic heterocycles. The number of nitro benzene ring substituents is 1. The van der Waals surface area contributed by atoms with Crippen molar-refractivity contribution in [2.75, 3.05) is 11.9 Å². The molecule has 6 nitrogen and oxygen atoms in total. The van der Waals surface area contributed by atoms with Crippen molar-refractivity contribution < 1.29 is 18.1 Å². The summed E-state index contributed by atoms with van der Waals surface area (Å²) in [6, 6.07) is 4.01. The number of nitrogens with one attached hydrogen (secondary N) is 1. The van der Waals surface area contributed by atoms with Gasteiger partial charge in [-0.25, -0.2) is 9.97 Å². The Morgan fingerprint density at radius 3 is 2.68 bits per heavy atom. The second kappa shape index (κ2) is 4.67. The predicted octanol–water partition coefficient (Wildman–Crippen LogP) is 2.51. The van der Waals surface area contributed by atoms with E-state index in [0.717, 1.165) is 6.33 Å². The van der Waals surface area contributed by atoms with E-state index in [0.29, 0.717) is 0 Å². The highest BCUT2D eigenvalue weighted by molar-refractivity contribution is 5.94. The minimum absolute atomic E-state index is 0.00725. The summed E-state index contributed by atoms with van der Waals surface area (Å²) in [5.74, 6) is -0.0916. The molecular weight excluding hydrogens is 265 g/mol. The van der Waals surface area contributed by atoms with E-state index in [-0.39, 0.29) is 22.4 Å². The van der Waals surface area contributed by atoms with Crippen molar-refractivity contribution in [2.24, 2.45) is 0 Å². The quantitative estimate of drug-likeness (QED) is 0.685. The number of benzene rings is 1. The molecule has 9 heteroatoms. The summed E-state index contributed by atoms with van der Waals surface area (Å²) < 4.78 is 36.4. The zero-order valence-corrected chi connectivity index (χ0v) is 9.31. The Labute approximate surface area is 104 Å². The maximum atomic E-state index is 12.1. The summed E-state index contributed by atoms with van der Waals surface area (Å²) >= 11 is 0. The van der Waals surface area contributed by atoms with Crippen LogP contribution in [-0.2, 0) is 0 Å². The van der Waals surface area contributed by atoms with Crippen LogP contribution in [-0.4, -0.2) is 27.6 Å². The molecule has 0 saturated carbocycles. The minimum Gasteiger partial charge on any atom is -0.361 e. The number of nitrogens with zero attached hydrogens (tertiary/aromatic N) is 3. The molecule has 1 N–H and O–H groups in total. The number of halogens is 3. The van der Waals surface area contributed by atoms with Crippen LogP contribution in [0.3, 0.4) is 0 Å². The van der Waals surface area contributed by atoms with Crippen LogP contribution in [0, 0.1) is 10.1 Å². The third-order valence-electron chi connectivity index (χ3n) is 2.30. The fourth-order valence-corrected chi connectivity index (χ4v) is 1.54. The normalized spacial score (nSPS) is 11.5. The van der Waals surface area contributed by atoms with Gasteiger partial charge in [-0.05, 0) is 6.07 Å².